The lowest BCUT2D eigenvalue weighted by molar-refractivity contribution is 0.0805. The van der Waals surface area contributed by atoms with Gasteiger partial charge < -0.3 is 4.74 Å². The van der Waals surface area contributed by atoms with Crippen LogP contribution in [0, 0.1) is 20.8 Å². The first-order valence-corrected chi connectivity index (χ1v) is 8.99. The minimum Gasteiger partial charge on any atom is -0.481 e. The number of para-hydroxylation sites is 1. The highest BCUT2D eigenvalue weighted by atomic mass is 16.5. The second kappa shape index (κ2) is 6.45. The molecule has 0 saturated heterocycles. The van der Waals surface area contributed by atoms with Gasteiger partial charge in [-0.15, -0.1) is 0 Å². The fourth-order valence-electron chi connectivity index (χ4n) is 4.14. The molecule has 2 nitrogen and oxygen atoms in total. The van der Waals surface area contributed by atoms with Gasteiger partial charge in [0.05, 0.1) is 5.92 Å². The third kappa shape index (κ3) is 2.72. The molecular formula is C24H22O2. The zero-order chi connectivity index (χ0) is 18.3. The van der Waals surface area contributed by atoms with Gasteiger partial charge in [0.15, 0.2) is 6.10 Å². The molecule has 3 aromatic carbocycles. The number of fused-ring (bicyclic) bond motifs is 1. The summed E-state index contributed by atoms with van der Waals surface area (Å²) in [5, 5.41) is 0. The number of hydrogen-bond acceptors (Lipinski definition) is 2. The Morgan fingerprint density at radius 2 is 1.46 bits per heavy atom. The van der Waals surface area contributed by atoms with E-state index in [4.69, 9.17) is 4.74 Å². The van der Waals surface area contributed by atoms with Crippen LogP contribution in [0.5, 0.6) is 5.75 Å². The molecule has 1 aliphatic rings. The van der Waals surface area contributed by atoms with E-state index >= 15 is 0 Å². The first kappa shape index (κ1) is 16.6. The Morgan fingerprint density at radius 3 is 2.15 bits per heavy atom. The highest BCUT2D eigenvalue weighted by Gasteiger charge is 2.41. The Labute approximate surface area is 154 Å². The van der Waals surface area contributed by atoms with Crippen molar-refractivity contribution in [3.8, 4) is 5.75 Å². The third-order valence-electron chi connectivity index (χ3n) is 5.15. The van der Waals surface area contributed by atoms with Crippen molar-refractivity contribution in [1.29, 1.82) is 0 Å². The van der Waals surface area contributed by atoms with Crippen LogP contribution in [0.4, 0.5) is 0 Å². The van der Waals surface area contributed by atoms with E-state index in [-0.39, 0.29) is 11.7 Å². The van der Waals surface area contributed by atoms with Crippen molar-refractivity contribution in [2.75, 3.05) is 0 Å². The molecule has 0 spiro atoms. The molecule has 1 aliphatic heterocycles. The highest BCUT2D eigenvalue weighted by molar-refractivity contribution is 6.03. The lowest BCUT2D eigenvalue weighted by Gasteiger charge is -2.21. The smallest absolute Gasteiger partial charge is 0.204 e. The summed E-state index contributed by atoms with van der Waals surface area (Å²) in [5.74, 6) is 0.784. The third-order valence-corrected chi connectivity index (χ3v) is 5.15. The number of ether oxygens (including phenoxy) is 1. The summed E-state index contributed by atoms with van der Waals surface area (Å²) in [6.07, 6.45) is -0.532. The van der Waals surface area contributed by atoms with Crippen LogP contribution in [-0.2, 0) is 0 Å². The molecular weight excluding hydrogens is 320 g/mol. The number of aryl methyl sites for hydroxylation is 3. The molecule has 3 aromatic rings. The van der Waals surface area contributed by atoms with E-state index in [9.17, 15) is 4.79 Å². The largest absolute Gasteiger partial charge is 0.481 e. The van der Waals surface area contributed by atoms with Gasteiger partial charge in [-0.05, 0) is 43.5 Å². The van der Waals surface area contributed by atoms with Crippen LogP contribution in [0.1, 0.15) is 44.1 Å². The molecule has 0 aliphatic carbocycles. The van der Waals surface area contributed by atoms with Gasteiger partial charge in [0.1, 0.15) is 5.75 Å². The number of ketones is 1. The summed E-state index contributed by atoms with van der Waals surface area (Å²) in [6.45, 7) is 6.07. The van der Waals surface area contributed by atoms with E-state index in [0.29, 0.717) is 0 Å². The molecule has 1 heterocycles. The molecule has 0 unspecified atom stereocenters. The van der Waals surface area contributed by atoms with Gasteiger partial charge in [-0.2, -0.15) is 0 Å². The lowest BCUT2D eigenvalue weighted by Crippen LogP contribution is -2.31. The predicted octanol–water partition coefficient (Wildman–Crippen LogP) is 5.39. The molecule has 26 heavy (non-hydrogen) atoms. The van der Waals surface area contributed by atoms with Gasteiger partial charge in [0.25, 0.3) is 0 Å². The number of carbonyl (C=O) groups is 1. The van der Waals surface area contributed by atoms with Crippen LogP contribution in [0.25, 0.3) is 0 Å². The van der Waals surface area contributed by atoms with Gasteiger partial charge in [-0.25, -0.2) is 0 Å². The Kier molecular flexibility index (Phi) is 4.12. The van der Waals surface area contributed by atoms with Crippen LogP contribution in [0.2, 0.25) is 0 Å². The molecule has 0 saturated carbocycles. The summed E-state index contributed by atoms with van der Waals surface area (Å²) in [7, 11) is 0. The van der Waals surface area contributed by atoms with E-state index in [1.807, 2.05) is 50.2 Å². The second-order valence-corrected chi connectivity index (χ2v) is 7.10. The fourth-order valence-corrected chi connectivity index (χ4v) is 4.14. The second-order valence-electron chi connectivity index (χ2n) is 7.10. The molecule has 0 N–H and O–H groups in total. The molecule has 0 aromatic heterocycles. The topological polar surface area (TPSA) is 26.3 Å². The monoisotopic (exact) mass is 342 g/mol. The Morgan fingerprint density at radius 1 is 0.846 bits per heavy atom. The van der Waals surface area contributed by atoms with Gasteiger partial charge in [-0.1, -0.05) is 66.2 Å². The Hall–Kier alpha value is -2.87. The van der Waals surface area contributed by atoms with E-state index in [1.165, 1.54) is 5.56 Å². The molecule has 2 heteroatoms. The summed E-state index contributed by atoms with van der Waals surface area (Å²) in [6, 6.07) is 22.3. The lowest BCUT2D eigenvalue weighted by atomic mass is 9.83. The zero-order valence-corrected chi connectivity index (χ0v) is 15.3. The van der Waals surface area contributed by atoms with Gasteiger partial charge in [-0.3, -0.25) is 4.79 Å². The Bertz CT molecular complexity index is 950. The normalized spacial score (nSPS) is 18.3. The zero-order valence-electron chi connectivity index (χ0n) is 15.3. The summed E-state index contributed by atoms with van der Waals surface area (Å²) in [5.41, 5.74) is 6.18. The minimum atomic E-state index is -0.532. The van der Waals surface area contributed by atoms with Crippen LogP contribution in [0.3, 0.4) is 0 Å². The molecule has 0 amide bonds. The van der Waals surface area contributed by atoms with E-state index in [2.05, 4.69) is 37.3 Å². The standard InChI is InChI=1S/C24H22O2/c1-15-13-16(2)21(17(3)14-15)23(25)24-22(18-9-5-4-6-10-18)19-11-7-8-12-20(19)26-24/h4-14,22,24H,1-3H3/t22-,24-/m0/s1. The minimum absolute atomic E-state index is 0.0602. The Balaban J connectivity index is 1.82. The summed E-state index contributed by atoms with van der Waals surface area (Å²) < 4.78 is 6.18. The van der Waals surface area contributed by atoms with E-state index in [0.717, 1.165) is 33.6 Å². The van der Waals surface area contributed by atoms with Crippen molar-refractivity contribution in [3.05, 3.63) is 100 Å². The van der Waals surface area contributed by atoms with Crippen molar-refractivity contribution >= 4 is 5.78 Å². The van der Waals surface area contributed by atoms with Crippen LogP contribution in [0.15, 0.2) is 66.7 Å². The maximum atomic E-state index is 13.5. The maximum absolute atomic E-state index is 13.5. The fraction of sp³-hybridized carbons (Fsp3) is 0.208. The van der Waals surface area contributed by atoms with Crippen molar-refractivity contribution in [2.24, 2.45) is 0 Å². The molecule has 0 radical (unpaired) electrons. The maximum Gasteiger partial charge on any atom is 0.204 e. The van der Waals surface area contributed by atoms with Gasteiger partial charge in [0, 0.05) is 11.1 Å². The van der Waals surface area contributed by atoms with E-state index in [1.54, 1.807) is 0 Å². The average Bonchev–Trinajstić information content (AvgIpc) is 3.01. The quantitative estimate of drug-likeness (QED) is 0.597. The van der Waals surface area contributed by atoms with Crippen molar-refractivity contribution in [1.82, 2.24) is 0 Å². The van der Waals surface area contributed by atoms with Crippen LogP contribution in [-0.4, -0.2) is 11.9 Å². The van der Waals surface area contributed by atoms with Crippen molar-refractivity contribution in [2.45, 2.75) is 32.8 Å². The molecule has 130 valence electrons. The first-order valence-electron chi connectivity index (χ1n) is 8.99. The van der Waals surface area contributed by atoms with Crippen molar-refractivity contribution in [3.63, 3.8) is 0 Å². The SMILES string of the molecule is Cc1cc(C)c(C(=O)[C@H]2Oc3ccccc3[C@@H]2c2ccccc2)c(C)c1. The summed E-state index contributed by atoms with van der Waals surface area (Å²) >= 11 is 0. The summed E-state index contributed by atoms with van der Waals surface area (Å²) in [4.78, 5) is 13.5. The predicted molar refractivity (Wildman–Crippen MR) is 104 cm³/mol. The van der Waals surface area contributed by atoms with Gasteiger partial charge >= 0.3 is 0 Å². The number of rotatable bonds is 3. The number of Topliss-reactive ketones (excluding diaryl/α,β-unsaturated/α-hetero) is 1. The first-order chi connectivity index (χ1) is 12.6. The number of carbonyl (C=O) groups excluding carboxylic acids is 1. The number of benzene rings is 3. The average molecular weight is 342 g/mol. The molecule has 0 bridgehead atoms. The van der Waals surface area contributed by atoms with Gasteiger partial charge in [0.2, 0.25) is 5.78 Å². The molecule has 4 rings (SSSR count). The molecule has 0 fully saturated rings. The number of hydrogen-bond donors (Lipinski definition) is 0. The van der Waals surface area contributed by atoms with E-state index < -0.39 is 6.10 Å². The van der Waals surface area contributed by atoms with Crippen LogP contribution < -0.4 is 4.74 Å². The van der Waals surface area contributed by atoms with Crippen molar-refractivity contribution < 1.29 is 9.53 Å². The highest BCUT2D eigenvalue weighted by Crippen LogP contribution is 2.43. The molecule has 2 atom stereocenters. The van der Waals surface area contributed by atoms with Crippen LogP contribution >= 0.6 is 0 Å².